The van der Waals surface area contributed by atoms with Gasteiger partial charge in [-0.05, 0) is 30.5 Å². The zero-order chi connectivity index (χ0) is 10.3. The minimum atomic E-state index is 0.734. The van der Waals surface area contributed by atoms with Gasteiger partial charge in [0, 0.05) is 19.5 Å². The van der Waals surface area contributed by atoms with Crippen molar-refractivity contribution >= 4 is 11.1 Å². The number of aromatic nitrogens is 1. The molecule has 1 N–H and O–H groups in total. The van der Waals surface area contributed by atoms with E-state index in [9.17, 15) is 0 Å². The molecule has 0 radical (unpaired) electrons. The van der Waals surface area contributed by atoms with E-state index in [0.717, 1.165) is 29.6 Å². The molecule has 1 heterocycles. The van der Waals surface area contributed by atoms with E-state index >= 15 is 0 Å². The number of hydrogen-bond donors (Lipinski definition) is 1. The lowest BCUT2D eigenvalue weighted by molar-refractivity contribution is 0.560. The topological polar surface area (TPSA) is 38.1 Å². The maximum absolute atomic E-state index is 5.49. The van der Waals surface area contributed by atoms with Gasteiger partial charge in [-0.15, -0.1) is 0 Å². The Morgan fingerprint density at radius 1 is 1.47 bits per heavy atom. The first-order chi connectivity index (χ1) is 7.31. The number of aryl methyl sites for hydroxylation is 1. The molecule has 1 aromatic heterocycles. The molecular formula is C12H14N2O. The van der Waals surface area contributed by atoms with Gasteiger partial charge in [0.05, 0.1) is 0 Å². The highest BCUT2D eigenvalue weighted by Gasteiger charge is 2.19. The number of fused-ring (bicyclic) bond motifs is 1. The number of nitrogens with one attached hydrogen (secondary N) is 1. The van der Waals surface area contributed by atoms with Gasteiger partial charge in [-0.2, -0.15) is 0 Å². The quantitative estimate of drug-likeness (QED) is 0.830. The van der Waals surface area contributed by atoms with Gasteiger partial charge in [0.1, 0.15) is 5.52 Å². The number of nitrogens with zero attached hydrogens (tertiary/aromatic N) is 1. The van der Waals surface area contributed by atoms with Crippen LogP contribution >= 0.6 is 0 Å². The second-order valence-corrected chi connectivity index (χ2v) is 4.19. The van der Waals surface area contributed by atoms with Crippen LogP contribution in [0.25, 0.3) is 11.1 Å². The molecule has 1 aliphatic rings. The molecule has 3 rings (SSSR count). The third kappa shape index (κ3) is 1.88. The minimum absolute atomic E-state index is 0.734. The fourth-order valence-electron chi connectivity index (χ4n) is 1.74. The van der Waals surface area contributed by atoms with Crippen LogP contribution in [0.3, 0.4) is 0 Å². The molecule has 2 aromatic rings. The zero-order valence-electron chi connectivity index (χ0n) is 8.79. The normalized spacial score (nSPS) is 16.1. The highest BCUT2D eigenvalue weighted by molar-refractivity contribution is 5.73. The van der Waals surface area contributed by atoms with E-state index in [0.29, 0.717) is 0 Å². The van der Waals surface area contributed by atoms with Crippen LogP contribution in [-0.4, -0.2) is 11.0 Å². The Bertz CT molecular complexity index is 485. The summed E-state index contributed by atoms with van der Waals surface area (Å²) >= 11 is 0. The van der Waals surface area contributed by atoms with Crippen molar-refractivity contribution in [2.45, 2.75) is 32.4 Å². The van der Waals surface area contributed by atoms with E-state index in [1.54, 1.807) is 0 Å². The van der Waals surface area contributed by atoms with Gasteiger partial charge in [-0.1, -0.05) is 6.07 Å². The molecule has 78 valence electrons. The fraction of sp³-hybridized carbons (Fsp3) is 0.417. The molecule has 0 saturated heterocycles. The van der Waals surface area contributed by atoms with E-state index in [4.69, 9.17) is 4.42 Å². The predicted octanol–water partition coefficient (Wildman–Crippen LogP) is 2.39. The standard InChI is InChI=1S/C12H14N2O/c1-8-14-11-5-2-9(6-12(11)15-8)7-13-10-3-4-10/h2,5-6,10,13H,3-4,7H2,1H3. The van der Waals surface area contributed by atoms with Crippen molar-refractivity contribution in [3.63, 3.8) is 0 Å². The van der Waals surface area contributed by atoms with Crippen molar-refractivity contribution in [1.82, 2.24) is 10.3 Å². The third-order valence-electron chi connectivity index (χ3n) is 2.73. The van der Waals surface area contributed by atoms with Crippen molar-refractivity contribution in [3.05, 3.63) is 29.7 Å². The lowest BCUT2D eigenvalue weighted by atomic mass is 10.2. The van der Waals surface area contributed by atoms with E-state index in [1.165, 1.54) is 18.4 Å². The zero-order valence-corrected chi connectivity index (χ0v) is 8.79. The summed E-state index contributed by atoms with van der Waals surface area (Å²) in [6.45, 7) is 2.81. The van der Waals surface area contributed by atoms with Crippen molar-refractivity contribution in [1.29, 1.82) is 0 Å². The summed E-state index contributed by atoms with van der Waals surface area (Å²) < 4.78 is 5.49. The average Bonchev–Trinajstić information content (AvgIpc) is 2.96. The van der Waals surface area contributed by atoms with Crippen molar-refractivity contribution < 1.29 is 4.42 Å². The van der Waals surface area contributed by atoms with Crippen LogP contribution in [0.4, 0.5) is 0 Å². The molecular weight excluding hydrogens is 188 g/mol. The summed E-state index contributed by atoms with van der Waals surface area (Å²) in [6, 6.07) is 6.96. The smallest absolute Gasteiger partial charge is 0.192 e. The molecule has 3 heteroatoms. The molecule has 0 unspecified atom stereocenters. The SMILES string of the molecule is Cc1nc2ccc(CNC3CC3)cc2o1. The monoisotopic (exact) mass is 202 g/mol. The number of benzene rings is 1. The predicted molar refractivity (Wildman–Crippen MR) is 58.6 cm³/mol. The highest BCUT2D eigenvalue weighted by atomic mass is 16.3. The molecule has 1 aromatic carbocycles. The van der Waals surface area contributed by atoms with Crippen LogP contribution in [0.15, 0.2) is 22.6 Å². The average molecular weight is 202 g/mol. The van der Waals surface area contributed by atoms with Crippen LogP contribution in [0.2, 0.25) is 0 Å². The lowest BCUT2D eigenvalue weighted by Crippen LogP contribution is -2.14. The van der Waals surface area contributed by atoms with Crippen LogP contribution in [0.5, 0.6) is 0 Å². The van der Waals surface area contributed by atoms with Gasteiger partial charge in [0.25, 0.3) is 0 Å². The molecule has 0 amide bonds. The molecule has 0 atom stereocenters. The molecule has 15 heavy (non-hydrogen) atoms. The van der Waals surface area contributed by atoms with E-state index in [-0.39, 0.29) is 0 Å². The summed E-state index contributed by atoms with van der Waals surface area (Å²) in [7, 11) is 0. The Balaban J connectivity index is 1.84. The van der Waals surface area contributed by atoms with Crippen LogP contribution in [0, 0.1) is 6.92 Å². The summed E-state index contributed by atoms with van der Waals surface area (Å²) in [5.41, 5.74) is 3.11. The first kappa shape index (κ1) is 8.92. The second kappa shape index (κ2) is 3.35. The van der Waals surface area contributed by atoms with Gasteiger partial charge >= 0.3 is 0 Å². The minimum Gasteiger partial charge on any atom is -0.441 e. The van der Waals surface area contributed by atoms with Crippen LogP contribution in [0.1, 0.15) is 24.3 Å². The largest absolute Gasteiger partial charge is 0.441 e. The molecule has 1 saturated carbocycles. The first-order valence-electron chi connectivity index (χ1n) is 5.41. The summed E-state index contributed by atoms with van der Waals surface area (Å²) in [5.74, 6) is 0.734. The van der Waals surface area contributed by atoms with Crippen LogP contribution in [-0.2, 0) is 6.54 Å². The van der Waals surface area contributed by atoms with E-state index in [1.807, 2.05) is 13.0 Å². The van der Waals surface area contributed by atoms with E-state index in [2.05, 4.69) is 22.4 Å². The Labute approximate surface area is 88.5 Å². The van der Waals surface area contributed by atoms with Crippen molar-refractivity contribution in [2.75, 3.05) is 0 Å². The first-order valence-corrected chi connectivity index (χ1v) is 5.41. The van der Waals surface area contributed by atoms with E-state index < -0.39 is 0 Å². The number of hydrogen-bond acceptors (Lipinski definition) is 3. The Hall–Kier alpha value is -1.35. The molecule has 0 aliphatic heterocycles. The second-order valence-electron chi connectivity index (χ2n) is 4.19. The Morgan fingerprint density at radius 2 is 2.33 bits per heavy atom. The maximum Gasteiger partial charge on any atom is 0.192 e. The molecule has 0 spiro atoms. The van der Waals surface area contributed by atoms with Crippen molar-refractivity contribution in [3.8, 4) is 0 Å². The summed E-state index contributed by atoms with van der Waals surface area (Å²) in [5, 5.41) is 3.48. The van der Waals surface area contributed by atoms with Crippen molar-refractivity contribution in [2.24, 2.45) is 0 Å². The number of rotatable bonds is 3. The molecule has 0 bridgehead atoms. The van der Waals surface area contributed by atoms with Gasteiger partial charge < -0.3 is 9.73 Å². The number of oxazole rings is 1. The molecule has 1 aliphatic carbocycles. The molecule has 1 fully saturated rings. The fourth-order valence-corrected chi connectivity index (χ4v) is 1.74. The van der Waals surface area contributed by atoms with Gasteiger partial charge in [-0.3, -0.25) is 0 Å². The summed E-state index contributed by atoms with van der Waals surface area (Å²) in [4.78, 5) is 4.27. The Morgan fingerprint density at radius 3 is 3.13 bits per heavy atom. The Kier molecular flexibility index (Phi) is 1.99. The maximum atomic E-state index is 5.49. The van der Waals surface area contributed by atoms with Gasteiger partial charge in [0.2, 0.25) is 0 Å². The third-order valence-corrected chi connectivity index (χ3v) is 2.73. The lowest BCUT2D eigenvalue weighted by Gasteiger charge is -2.01. The molecule has 3 nitrogen and oxygen atoms in total. The van der Waals surface area contributed by atoms with Gasteiger partial charge in [-0.25, -0.2) is 4.98 Å². The summed E-state index contributed by atoms with van der Waals surface area (Å²) in [6.07, 6.45) is 2.65. The van der Waals surface area contributed by atoms with Crippen LogP contribution < -0.4 is 5.32 Å². The highest BCUT2D eigenvalue weighted by Crippen LogP contribution is 2.20. The van der Waals surface area contributed by atoms with Gasteiger partial charge in [0.15, 0.2) is 11.5 Å².